The van der Waals surface area contributed by atoms with Gasteiger partial charge in [-0.2, -0.15) is 0 Å². The number of hydrogen-bond acceptors (Lipinski definition) is 6. The minimum atomic E-state index is -0.0694. The minimum Gasteiger partial charge on any atom is -0.288 e. The van der Waals surface area contributed by atoms with Gasteiger partial charge in [0, 0.05) is 61.4 Å². The summed E-state index contributed by atoms with van der Waals surface area (Å²) in [7, 11) is 0. The Balaban J connectivity index is 0.888. The van der Waals surface area contributed by atoms with E-state index in [2.05, 4.69) is 149 Å². The van der Waals surface area contributed by atoms with Crippen LogP contribution in [0.15, 0.2) is 160 Å². The molecule has 4 fully saturated rings. The molecule has 0 aromatic heterocycles. The van der Waals surface area contributed by atoms with Crippen molar-refractivity contribution in [1.29, 1.82) is 0 Å². The summed E-state index contributed by atoms with van der Waals surface area (Å²) in [4.78, 5) is 39.1. The standard InChI is InChI=1S/C66H72O2S4/c1-41-5-13-45(14-6-41)47-17-21-49(22-18-47)51-25-33-55(34-26-51)71-59-39-37-57(69-53-29-9-43(3)10-30-53)61-63(59)65(67)62-58(70-54-31-11-44(4)12-32-54)38-40-60(64(62)66(61)68)72-56-35-27-52(28-36-56)50-23-19-48(20-24-50)46-15-7-42(2)8-16-46/h9-12,25-42,45-50H,5-8,13-24H2,1-4H3. The summed E-state index contributed by atoms with van der Waals surface area (Å²) in [5.41, 5.74) is 7.35. The van der Waals surface area contributed by atoms with Gasteiger partial charge >= 0.3 is 0 Å². The lowest BCUT2D eigenvalue weighted by Crippen LogP contribution is -2.24. The molecule has 0 radical (unpaired) electrons. The number of aryl methyl sites for hydroxylation is 2. The fraction of sp³-hybridized carbons (Fsp3) is 0.424. The fourth-order valence-corrected chi connectivity index (χ4v) is 17.2. The van der Waals surface area contributed by atoms with Crippen LogP contribution < -0.4 is 0 Å². The third kappa shape index (κ3) is 11.2. The number of carbonyl (C=O) groups is 2. The van der Waals surface area contributed by atoms with Crippen LogP contribution >= 0.6 is 47.0 Å². The summed E-state index contributed by atoms with van der Waals surface area (Å²) in [6, 6.07) is 43.6. The summed E-state index contributed by atoms with van der Waals surface area (Å²) >= 11 is 6.40. The zero-order valence-electron chi connectivity index (χ0n) is 42.9. The summed E-state index contributed by atoms with van der Waals surface area (Å²) in [6.45, 7) is 9.05. The van der Waals surface area contributed by atoms with Crippen molar-refractivity contribution in [3.63, 3.8) is 0 Å². The van der Waals surface area contributed by atoms with E-state index in [1.165, 1.54) is 125 Å². The molecule has 0 heterocycles. The molecule has 372 valence electrons. The molecule has 0 atom stereocenters. The van der Waals surface area contributed by atoms with Crippen molar-refractivity contribution in [3.8, 4) is 0 Å². The molecule has 6 aromatic rings. The highest BCUT2D eigenvalue weighted by molar-refractivity contribution is 8.00. The van der Waals surface area contributed by atoms with E-state index in [-0.39, 0.29) is 11.6 Å². The quantitative estimate of drug-likeness (QED) is 0.121. The maximum Gasteiger partial charge on any atom is 0.196 e. The van der Waals surface area contributed by atoms with Crippen LogP contribution in [0.5, 0.6) is 0 Å². The first kappa shape index (κ1) is 50.2. The van der Waals surface area contributed by atoms with Gasteiger partial charge in [-0.25, -0.2) is 0 Å². The molecule has 72 heavy (non-hydrogen) atoms. The summed E-state index contributed by atoms with van der Waals surface area (Å²) in [5.74, 6) is 6.57. The van der Waals surface area contributed by atoms with Crippen molar-refractivity contribution in [1.82, 2.24) is 0 Å². The first-order valence-corrected chi connectivity index (χ1v) is 30.8. The van der Waals surface area contributed by atoms with Crippen LogP contribution in [0.4, 0.5) is 0 Å². The highest BCUT2D eigenvalue weighted by Crippen LogP contribution is 2.50. The van der Waals surface area contributed by atoms with Crippen LogP contribution in [0.1, 0.15) is 183 Å². The molecule has 5 aliphatic rings. The largest absolute Gasteiger partial charge is 0.288 e. The van der Waals surface area contributed by atoms with E-state index in [9.17, 15) is 0 Å². The molecule has 2 nitrogen and oxygen atoms in total. The lowest BCUT2D eigenvalue weighted by atomic mass is 9.68. The number of rotatable bonds is 12. The van der Waals surface area contributed by atoms with Gasteiger partial charge in [0.05, 0.1) is 0 Å². The van der Waals surface area contributed by atoms with Gasteiger partial charge < -0.3 is 0 Å². The Kier molecular flexibility index (Phi) is 15.7. The van der Waals surface area contributed by atoms with E-state index in [1.54, 1.807) is 47.0 Å². The molecular formula is C66H72O2S4. The van der Waals surface area contributed by atoms with Crippen LogP contribution in [-0.2, 0) is 0 Å². The average molecular weight is 1030 g/mol. The SMILES string of the molecule is Cc1ccc(Sc2ccc(Sc3ccc(C4CCC(C5CCC(C)CC5)CC4)cc3)c3c2C(=O)c2c(Sc4ccc(C5CCC(C6CCC(C)CC6)CC5)cc4)ccc(Sc4ccc(C)cc4)c2C3=O)cc1. The summed E-state index contributed by atoms with van der Waals surface area (Å²) < 4.78 is 0. The Labute approximate surface area is 447 Å². The molecule has 0 aliphatic heterocycles. The van der Waals surface area contributed by atoms with Crippen LogP contribution in [-0.4, -0.2) is 11.6 Å². The van der Waals surface area contributed by atoms with Gasteiger partial charge in [-0.3, -0.25) is 9.59 Å². The summed E-state index contributed by atoms with van der Waals surface area (Å²) in [5, 5.41) is 0. The second-order valence-electron chi connectivity index (χ2n) is 22.7. The molecule has 0 saturated heterocycles. The third-order valence-electron chi connectivity index (χ3n) is 17.8. The molecule has 0 bridgehead atoms. The monoisotopic (exact) mass is 1020 g/mol. The zero-order valence-corrected chi connectivity index (χ0v) is 46.2. The molecule has 0 amide bonds. The van der Waals surface area contributed by atoms with Crippen molar-refractivity contribution in [2.24, 2.45) is 35.5 Å². The number of hydrogen-bond donors (Lipinski definition) is 0. The van der Waals surface area contributed by atoms with E-state index >= 15 is 9.59 Å². The van der Waals surface area contributed by atoms with Gasteiger partial charge in [0.25, 0.3) is 0 Å². The molecule has 0 N–H and O–H groups in total. The Morgan fingerprint density at radius 3 is 0.806 bits per heavy atom. The Morgan fingerprint density at radius 1 is 0.306 bits per heavy atom. The molecule has 11 rings (SSSR count). The predicted octanol–water partition coefficient (Wildman–Crippen LogP) is 19.9. The van der Waals surface area contributed by atoms with Gasteiger partial charge in [-0.1, -0.05) is 146 Å². The van der Waals surface area contributed by atoms with Crippen molar-refractivity contribution in [3.05, 3.63) is 166 Å². The highest BCUT2D eigenvalue weighted by atomic mass is 32.2. The first-order valence-electron chi connectivity index (χ1n) is 27.6. The molecule has 4 saturated carbocycles. The molecule has 0 spiro atoms. The fourth-order valence-electron chi connectivity index (χ4n) is 13.3. The van der Waals surface area contributed by atoms with E-state index in [4.69, 9.17) is 0 Å². The number of carbonyl (C=O) groups excluding carboxylic acids is 2. The van der Waals surface area contributed by atoms with Crippen molar-refractivity contribution in [2.75, 3.05) is 0 Å². The Morgan fingerprint density at radius 2 is 0.542 bits per heavy atom. The van der Waals surface area contributed by atoms with Crippen LogP contribution in [0.2, 0.25) is 0 Å². The third-order valence-corrected chi connectivity index (χ3v) is 22.1. The topological polar surface area (TPSA) is 34.1 Å². The summed E-state index contributed by atoms with van der Waals surface area (Å²) in [6.07, 6.45) is 21.9. The Bertz CT molecular complexity index is 2650. The molecule has 6 aromatic carbocycles. The van der Waals surface area contributed by atoms with Crippen LogP contribution in [0.25, 0.3) is 0 Å². The van der Waals surface area contributed by atoms with Crippen LogP contribution in [0.3, 0.4) is 0 Å². The predicted molar refractivity (Wildman–Crippen MR) is 303 cm³/mol. The average Bonchev–Trinajstić information content (AvgIpc) is 3.41. The lowest BCUT2D eigenvalue weighted by Gasteiger charge is -2.37. The van der Waals surface area contributed by atoms with E-state index in [0.717, 1.165) is 74.7 Å². The second kappa shape index (κ2) is 22.5. The minimum absolute atomic E-state index is 0.0694. The number of benzene rings is 6. The van der Waals surface area contributed by atoms with Crippen molar-refractivity contribution >= 4 is 58.6 Å². The van der Waals surface area contributed by atoms with Gasteiger partial charge in [0.1, 0.15) is 0 Å². The zero-order chi connectivity index (χ0) is 49.3. The molecular weight excluding hydrogens is 953 g/mol. The highest BCUT2D eigenvalue weighted by Gasteiger charge is 2.39. The number of ketones is 2. The normalized spacial score (nSPS) is 25.4. The smallest absolute Gasteiger partial charge is 0.196 e. The maximum atomic E-state index is 15.8. The van der Waals surface area contributed by atoms with Gasteiger partial charge in [-0.15, -0.1) is 0 Å². The van der Waals surface area contributed by atoms with Gasteiger partial charge in [-0.05, 0) is 222 Å². The first-order chi connectivity index (χ1) is 35.1. The Hall–Kier alpha value is -3.94. The van der Waals surface area contributed by atoms with Gasteiger partial charge in [0.15, 0.2) is 11.6 Å². The van der Waals surface area contributed by atoms with Crippen molar-refractivity contribution < 1.29 is 9.59 Å². The van der Waals surface area contributed by atoms with Crippen molar-refractivity contribution in [2.45, 2.75) is 181 Å². The lowest BCUT2D eigenvalue weighted by molar-refractivity contribution is 0.0970. The molecule has 0 unspecified atom stereocenters. The van der Waals surface area contributed by atoms with Crippen LogP contribution in [0, 0.1) is 49.4 Å². The van der Waals surface area contributed by atoms with E-state index in [0.29, 0.717) is 34.1 Å². The van der Waals surface area contributed by atoms with E-state index < -0.39 is 0 Å². The van der Waals surface area contributed by atoms with E-state index in [1.807, 2.05) is 0 Å². The molecule has 6 heteroatoms. The van der Waals surface area contributed by atoms with Gasteiger partial charge in [0.2, 0.25) is 0 Å². The second-order valence-corrected chi connectivity index (χ2v) is 27.2. The maximum absolute atomic E-state index is 15.8. The molecule has 5 aliphatic carbocycles. The number of fused-ring (bicyclic) bond motifs is 2.